The largest absolute Gasteiger partial charge is 0.379 e. The Hall–Kier alpha value is 0.927. The van der Waals surface area contributed by atoms with Crippen molar-refractivity contribution in [2.45, 2.75) is 32.2 Å². The van der Waals surface area contributed by atoms with Gasteiger partial charge in [0.25, 0.3) is 0 Å². The summed E-state index contributed by atoms with van der Waals surface area (Å²) in [6, 6.07) is -1.85. The Morgan fingerprint density at radius 2 is 1.00 bits per heavy atom. The molecular weight excluding hydrogens is 355 g/mol. The Balaban J connectivity index is 3.00. The van der Waals surface area contributed by atoms with Crippen molar-refractivity contribution in [2.24, 2.45) is 0 Å². The average Bonchev–Trinajstić information content (AvgIpc) is 2.42. The second-order valence-corrected chi connectivity index (χ2v) is 13.8. The van der Waals surface area contributed by atoms with E-state index in [1.807, 2.05) is 0 Å². The maximum Gasteiger partial charge on any atom is 0.341 e. The van der Waals surface area contributed by atoms with E-state index >= 15 is 0 Å². The summed E-state index contributed by atoms with van der Waals surface area (Å²) in [5.74, 6) is 0. The minimum Gasteiger partial charge on any atom is -0.379 e. The van der Waals surface area contributed by atoms with Gasteiger partial charge in [-0.25, -0.2) is 0 Å². The maximum atomic E-state index is 5.76. The molecule has 0 aromatic rings. The summed E-state index contributed by atoms with van der Waals surface area (Å²) >= 11 is 17.3. The van der Waals surface area contributed by atoms with Crippen LogP contribution in [0.4, 0.5) is 0 Å². The standard InChI is InChI=1S/C13H27Cl3O4Si/c1-2-3-5-17-7-9-19-11-12-20-10-8-18-6-4-13-21(14,15)16/h2-13H2,1H3. The Bertz CT molecular complexity index is 218. The Labute approximate surface area is 143 Å². The zero-order valence-corrected chi connectivity index (χ0v) is 16.0. The van der Waals surface area contributed by atoms with E-state index in [2.05, 4.69) is 6.92 Å². The first-order chi connectivity index (χ1) is 10.1. The van der Waals surface area contributed by atoms with E-state index in [4.69, 9.17) is 52.2 Å². The molecule has 0 atom stereocenters. The van der Waals surface area contributed by atoms with E-state index in [9.17, 15) is 0 Å². The van der Waals surface area contributed by atoms with Crippen LogP contribution in [0.2, 0.25) is 6.04 Å². The number of unbranched alkanes of at least 4 members (excludes halogenated alkanes) is 1. The third-order valence-electron chi connectivity index (χ3n) is 2.51. The third kappa shape index (κ3) is 20.9. The number of halogens is 3. The molecule has 0 unspecified atom stereocenters. The van der Waals surface area contributed by atoms with E-state index in [1.165, 1.54) is 0 Å². The molecule has 0 fully saturated rings. The fraction of sp³-hybridized carbons (Fsp3) is 1.00. The van der Waals surface area contributed by atoms with E-state index in [0.717, 1.165) is 25.9 Å². The van der Waals surface area contributed by atoms with Gasteiger partial charge in [-0.1, -0.05) is 13.3 Å². The highest BCUT2D eigenvalue weighted by Crippen LogP contribution is 2.26. The van der Waals surface area contributed by atoms with E-state index < -0.39 is 6.00 Å². The van der Waals surface area contributed by atoms with Crippen LogP contribution in [0.3, 0.4) is 0 Å². The Morgan fingerprint density at radius 3 is 1.38 bits per heavy atom. The second kappa shape index (κ2) is 15.8. The lowest BCUT2D eigenvalue weighted by Crippen LogP contribution is -2.13. The van der Waals surface area contributed by atoms with E-state index in [-0.39, 0.29) is 0 Å². The summed E-state index contributed by atoms with van der Waals surface area (Å²) in [5, 5.41) is 0. The van der Waals surface area contributed by atoms with Gasteiger partial charge in [0.15, 0.2) is 0 Å². The predicted octanol–water partition coefficient (Wildman–Crippen LogP) is 3.90. The molecule has 4 nitrogen and oxygen atoms in total. The fourth-order valence-electron chi connectivity index (χ4n) is 1.38. The summed E-state index contributed by atoms with van der Waals surface area (Å²) < 4.78 is 21.5. The van der Waals surface area contributed by atoms with Crippen molar-refractivity contribution in [3.05, 3.63) is 0 Å². The second-order valence-electron chi connectivity index (χ2n) is 4.52. The van der Waals surface area contributed by atoms with Gasteiger partial charge in [0.1, 0.15) is 0 Å². The molecule has 0 aromatic carbocycles. The molecule has 21 heavy (non-hydrogen) atoms. The van der Waals surface area contributed by atoms with Crippen LogP contribution in [0.1, 0.15) is 26.2 Å². The van der Waals surface area contributed by atoms with Crippen LogP contribution in [-0.4, -0.2) is 58.9 Å². The monoisotopic (exact) mass is 380 g/mol. The van der Waals surface area contributed by atoms with Crippen molar-refractivity contribution in [1.82, 2.24) is 0 Å². The summed E-state index contributed by atoms with van der Waals surface area (Å²) in [4.78, 5) is 0. The van der Waals surface area contributed by atoms with Gasteiger partial charge in [-0.15, -0.1) is 33.2 Å². The number of hydrogen-bond donors (Lipinski definition) is 0. The SMILES string of the molecule is CCCCOCCOCCOCCOCCC[Si](Cl)(Cl)Cl. The van der Waals surface area contributed by atoms with E-state index in [0.29, 0.717) is 52.3 Å². The van der Waals surface area contributed by atoms with Gasteiger partial charge in [-0.05, 0) is 18.9 Å². The lowest BCUT2D eigenvalue weighted by molar-refractivity contribution is -0.00195. The Morgan fingerprint density at radius 1 is 0.619 bits per heavy atom. The highest BCUT2D eigenvalue weighted by atomic mass is 35.8. The van der Waals surface area contributed by atoms with Gasteiger partial charge in [0, 0.05) is 13.2 Å². The zero-order valence-electron chi connectivity index (χ0n) is 12.8. The van der Waals surface area contributed by atoms with Crippen LogP contribution >= 0.6 is 33.2 Å². The molecule has 0 radical (unpaired) electrons. The summed E-state index contributed by atoms with van der Waals surface area (Å²) in [5.41, 5.74) is 0. The van der Waals surface area contributed by atoms with Crippen molar-refractivity contribution in [3.63, 3.8) is 0 Å². The van der Waals surface area contributed by atoms with Crippen molar-refractivity contribution < 1.29 is 18.9 Å². The first-order valence-electron chi connectivity index (χ1n) is 7.44. The minimum atomic E-state index is -2.48. The van der Waals surface area contributed by atoms with Crippen molar-refractivity contribution in [2.75, 3.05) is 52.9 Å². The van der Waals surface area contributed by atoms with Gasteiger partial charge < -0.3 is 18.9 Å². The Kier molecular flexibility index (Phi) is 16.5. The molecule has 0 aliphatic rings. The first kappa shape index (κ1) is 21.9. The molecule has 0 bridgehead atoms. The van der Waals surface area contributed by atoms with Crippen LogP contribution < -0.4 is 0 Å². The molecule has 0 aliphatic heterocycles. The lowest BCUT2D eigenvalue weighted by atomic mass is 10.4. The molecule has 0 heterocycles. The quantitative estimate of drug-likeness (QED) is 0.231. The van der Waals surface area contributed by atoms with Gasteiger partial charge in [-0.3, -0.25) is 0 Å². The predicted molar refractivity (Wildman–Crippen MR) is 90.9 cm³/mol. The van der Waals surface area contributed by atoms with Crippen LogP contribution in [0.25, 0.3) is 0 Å². The zero-order chi connectivity index (χ0) is 15.8. The summed E-state index contributed by atoms with van der Waals surface area (Å²) in [6.07, 6.45) is 3.04. The molecule has 0 spiro atoms. The molecule has 0 aromatic heterocycles. The van der Waals surface area contributed by atoms with Gasteiger partial charge >= 0.3 is 6.00 Å². The fourth-order valence-corrected chi connectivity index (χ4v) is 3.13. The molecule has 8 heteroatoms. The van der Waals surface area contributed by atoms with E-state index in [1.54, 1.807) is 0 Å². The molecule has 0 aliphatic carbocycles. The van der Waals surface area contributed by atoms with Crippen LogP contribution in [0, 0.1) is 0 Å². The highest BCUT2D eigenvalue weighted by Gasteiger charge is 2.23. The summed E-state index contributed by atoms with van der Waals surface area (Å²) in [7, 11) is 0. The average molecular weight is 382 g/mol. The van der Waals surface area contributed by atoms with Crippen molar-refractivity contribution in [3.8, 4) is 0 Å². The smallest absolute Gasteiger partial charge is 0.341 e. The third-order valence-corrected chi connectivity index (χ3v) is 5.13. The van der Waals surface area contributed by atoms with Gasteiger partial charge in [0.2, 0.25) is 0 Å². The van der Waals surface area contributed by atoms with Crippen molar-refractivity contribution in [1.29, 1.82) is 0 Å². The molecule has 128 valence electrons. The normalized spacial score (nSPS) is 12.0. The lowest BCUT2D eigenvalue weighted by Gasteiger charge is -2.09. The molecule has 0 rings (SSSR count). The van der Waals surface area contributed by atoms with Crippen LogP contribution in [0.5, 0.6) is 0 Å². The number of hydrogen-bond acceptors (Lipinski definition) is 4. The van der Waals surface area contributed by atoms with Gasteiger partial charge in [-0.2, -0.15) is 0 Å². The number of ether oxygens (including phenoxy) is 4. The minimum absolute atomic E-state index is 0.557. The first-order valence-corrected chi connectivity index (χ1v) is 12.7. The molecule has 0 saturated carbocycles. The molecule has 0 amide bonds. The highest BCUT2D eigenvalue weighted by molar-refractivity contribution is 7.64. The van der Waals surface area contributed by atoms with Crippen molar-refractivity contribution >= 4 is 39.2 Å². The maximum absolute atomic E-state index is 5.76. The number of rotatable bonds is 16. The molecule has 0 N–H and O–H groups in total. The van der Waals surface area contributed by atoms with Gasteiger partial charge in [0.05, 0.1) is 39.6 Å². The topological polar surface area (TPSA) is 36.9 Å². The molecular formula is C13H27Cl3O4Si. The molecule has 0 saturated heterocycles. The summed E-state index contributed by atoms with van der Waals surface area (Å²) in [6.45, 7) is 7.09. The van der Waals surface area contributed by atoms with Crippen LogP contribution in [0.15, 0.2) is 0 Å². The van der Waals surface area contributed by atoms with Crippen LogP contribution in [-0.2, 0) is 18.9 Å².